The Balaban J connectivity index is 2.59. The van der Waals surface area contributed by atoms with Crippen LogP contribution in [0.2, 0.25) is 0 Å². The second-order valence-corrected chi connectivity index (χ2v) is 3.63. The fraction of sp³-hybridized carbons (Fsp3) is 0.625. The van der Waals surface area contributed by atoms with Gasteiger partial charge in [-0.05, 0) is 10.4 Å². The molecular weight excluding hydrogens is 216 g/mol. The smallest absolute Gasteiger partial charge is 0.209 e. The van der Waals surface area contributed by atoms with Gasteiger partial charge < -0.3 is 9.47 Å². The molecule has 1 heterocycles. The summed E-state index contributed by atoms with van der Waals surface area (Å²) in [4.78, 5) is 0. The maximum absolute atomic E-state index is 5.06. The highest BCUT2D eigenvalue weighted by Gasteiger charge is 2.12. The monoisotopic (exact) mass is 230 g/mol. The molecule has 0 aliphatic heterocycles. The lowest BCUT2D eigenvalue weighted by Crippen LogP contribution is -2.21. The van der Waals surface area contributed by atoms with Gasteiger partial charge >= 0.3 is 0 Å². The molecule has 0 saturated carbocycles. The fourth-order valence-corrected chi connectivity index (χ4v) is 1.56. The van der Waals surface area contributed by atoms with Crippen LogP contribution in [0, 0.1) is 0 Å². The normalized spacial score (nSPS) is 10.9. The summed E-state index contributed by atoms with van der Waals surface area (Å²) in [6, 6.07) is 0. The van der Waals surface area contributed by atoms with Crippen LogP contribution >= 0.6 is 11.8 Å². The highest BCUT2D eigenvalue weighted by molar-refractivity contribution is 7.99. The first-order valence-electron chi connectivity index (χ1n) is 4.37. The first-order valence-corrected chi connectivity index (χ1v) is 5.35. The number of methoxy groups -OCH3 is 2. The summed E-state index contributed by atoms with van der Waals surface area (Å²) < 4.78 is 11.8. The molecule has 0 aromatic carbocycles. The van der Waals surface area contributed by atoms with E-state index >= 15 is 0 Å². The van der Waals surface area contributed by atoms with Crippen LogP contribution in [0.1, 0.15) is 0 Å². The molecule has 0 aliphatic carbocycles. The van der Waals surface area contributed by atoms with E-state index in [1.807, 2.05) is 0 Å². The molecule has 0 atom stereocenters. The summed E-state index contributed by atoms with van der Waals surface area (Å²) in [5, 5.41) is 12.1. The van der Waals surface area contributed by atoms with Crippen molar-refractivity contribution < 1.29 is 9.47 Å². The van der Waals surface area contributed by atoms with Crippen molar-refractivity contribution in [3.63, 3.8) is 0 Å². The number of nitrogens with zero attached hydrogens (tertiary/aromatic N) is 4. The van der Waals surface area contributed by atoms with Crippen LogP contribution < -0.4 is 0 Å². The first-order chi connectivity index (χ1) is 7.31. The molecule has 7 heteroatoms. The Bertz CT molecular complexity index is 301. The molecule has 0 N–H and O–H groups in total. The molecule has 0 fully saturated rings. The summed E-state index contributed by atoms with van der Waals surface area (Å²) in [5.74, 6) is 0.769. The van der Waals surface area contributed by atoms with Gasteiger partial charge in [-0.25, -0.2) is 4.68 Å². The van der Waals surface area contributed by atoms with Gasteiger partial charge in [-0.2, -0.15) is 0 Å². The Morgan fingerprint density at radius 3 is 2.87 bits per heavy atom. The van der Waals surface area contributed by atoms with Crippen molar-refractivity contribution in [2.75, 3.05) is 20.0 Å². The molecule has 84 valence electrons. The van der Waals surface area contributed by atoms with Gasteiger partial charge in [0.05, 0.1) is 6.54 Å². The van der Waals surface area contributed by atoms with Gasteiger partial charge in [-0.15, -0.1) is 11.7 Å². The molecule has 0 bridgehead atoms. The van der Waals surface area contributed by atoms with Crippen molar-refractivity contribution in [1.82, 2.24) is 20.2 Å². The van der Waals surface area contributed by atoms with Gasteiger partial charge in [-0.1, -0.05) is 17.8 Å². The third-order valence-electron chi connectivity index (χ3n) is 1.68. The largest absolute Gasteiger partial charge is 0.354 e. The van der Waals surface area contributed by atoms with E-state index in [0.29, 0.717) is 6.54 Å². The quantitative estimate of drug-likeness (QED) is 0.388. The SMILES string of the molecule is C=CCSc1nnnn1CC(OC)OC. The Kier molecular flexibility index (Phi) is 5.30. The van der Waals surface area contributed by atoms with Crippen molar-refractivity contribution in [3.05, 3.63) is 12.7 Å². The first kappa shape index (κ1) is 12.2. The minimum Gasteiger partial charge on any atom is -0.354 e. The van der Waals surface area contributed by atoms with Crippen LogP contribution in [-0.4, -0.2) is 46.5 Å². The van der Waals surface area contributed by atoms with Gasteiger partial charge in [0.1, 0.15) is 0 Å². The van der Waals surface area contributed by atoms with Crippen molar-refractivity contribution in [3.8, 4) is 0 Å². The third-order valence-corrected chi connectivity index (χ3v) is 2.63. The van der Waals surface area contributed by atoms with Crippen molar-refractivity contribution in [2.24, 2.45) is 0 Å². The maximum atomic E-state index is 5.06. The van der Waals surface area contributed by atoms with E-state index in [-0.39, 0.29) is 6.29 Å². The molecule has 0 unspecified atom stereocenters. The predicted octanol–water partition coefficient (Wildman–Crippen LogP) is 0.570. The van der Waals surface area contributed by atoms with Crippen LogP contribution in [0.15, 0.2) is 17.8 Å². The molecule has 0 saturated heterocycles. The number of ether oxygens (including phenoxy) is 2. The average Bonchev–Trinajstić information content (AvgIpc) is 2.70. The van der Waals surface area contributed by atoms with E-state index in [0.717, 1.165) is 10.9 Å². The molecule has 0 spiro atoms. The molecule has 15 heavy (non-hydrogen) atoms. The van der Waals surface area contributed by atoms with Gasteiger partial charge in [-0.3, -0.25) is 0 Å². The molecule has 1 aromatic rings. The Labute approximate surface area is 92.6 Å². The molecule has 0 aliphatic rings. The van der Waals surface area contributed by atoms with Gasteiger partial charge in [0, 0.05) is 20.0 Å². The number of tetrazole rings is 1. The predicted molar refractivity (Wildman–Crippen MR) is 56.5 cm³/mol. The van der Waals surface area contributed by atoms with Crippen LogP contribution in [0.4, 0.5) is 0 Å². The van der Waals surface area contributed by atoms with E-state index in [1.165, 1.54) is 11.8 Å². The van der Waals surface area contributed by atoms with Crippen LogP contribution in [0.3, 0.4) is 0 Å². The summed E-state index contributed by atoms with van der Waals surface area (Å²) in [7, 11) is 3.16. The van der Waals surface area contributed by atoms with Crippen LogP contribution in [0.5, 0.6) is 0 Å². The van der Waals surface area contributed by atoms with Gasteiger partial charge in [0.15, 0.2) is 6.29 Å². The molecule has 1 aromatic heterocycles. The lowest BCUT2D eigenvalue weighted by molar-refractivity contribution is -0.113. The molecular formula is C8H14N4O2S. The van der Waals surface area contributed by atoms with E-state index < -0.39 is 0 Å². The second-order valence-electron chi connectivity index (χ2n) is 2.64. The number of aromatic nitrogens is 4. The van der Waals surface area contributed by atoms with E-state index in [2.05, 4.69) is 22.1 Å². The van der Waals surface area contributed by atoms with Crippen molar-refractivity contribution in [2.45, 2.75) is 18.0 Å². The minimum atomic E-state index is -0.336. The van der Waals surface area contributed by atoms with Crippen LogP contribution in [0.25, 0.3) is 0 Å². The lowest BCUT2D eigenvalue weighted by atomic mass is 10.6. The Hall–Kier alpha value is -0.920. The zero-order chi connectivity index (χ0) is 11.1. The summed E-state index contributed by atoms with van der Waals surface area (Å²) in [5.41, 5.74) is 0. The highest BCUT2D eigenvalue weighted by atomic mass is 32.2. The zero-order valence-electron chi connectivity index (χ0n) is 8.79. The summed E-state index contributed by atoms with van der Waals surface area (Å²) >= 11 is 1.51. The topological polar surface area (TPSA) is 62.1 Å². The summed E-state index contributed by atoms with van der Waals surface area (Å²) in [6.07, 6.45) is 1.46. The number of rotatable bonds is 7. The molecule has 0 amide bonds. The van der Waals surface area contributed by atoms with Crippen LogP contribution in [-0.2, 0) is 16.0 Å². The molecule has 6 nitrogen and oxygen atoms in total. The second kappa shape index (κ2) is 6.54. The minimum absolute atomic E-state index is 0.336. The zero-order valence-corrected chi connectivity index (χ0v) is 9.61. The molecule has 0 radical (unpaired) electrons. The summed E-state index contributed by atoms with van der Waals surface area (Å²) in [6.45, 7) is 4.11. The average molecular weight is 230 g/mol. The molecule has 1 rings (SSSR count). The number of thioether (sulfide) groups is 1. The Morgan fingerprint density at radius 1 is 1.53 bits per heavy atom. The van der Waals surface area contributed by atoms with Gasteiger partial charge in [0.2, 0.25) is 5.16 Å². The van der Waals surface area contributed by atoms with Gasteiger partial charge in [0.25, 0.3) is 0 Å². The Morgan fingerprint density at radius 2 is 2.27 bits per heavy atom. The van der Waals surface area contributed by atoms with Crippen molar-refractivity contribution in [1.29, 1.82) is 0 Å². The number of hydrogen-bond acceptors (Lipinski definition) is 6. The highest BCUT2D eigenvalue weighted by Crippen LogP contribution is 2.13. The van der Waals surface area contributed by atoms with E-state index in [4.69, 9.17) is 9.47 Å². The van der Waals surface area contributed by atoms with Crippen molar-refractivity contribution >= 4 is 11.8 Å². The standard InChI is InChI=1S/C8H14N4O2S/c1-4-5-15-8-9-10-11-12(8)6-7(13-2)14-3/h4,7H,1,5-6H2,2-3H3. The fourth-order valence-electron chi connectivity index (χ4n) is 0.934. The number of hydrogen-bond donors (Lipinski definition) is 0. The maximum Gasteiger partial charge on any atom is 0.209 e. The van der Waals surface area contributed by atoms with E-state index in [9.17, 15) is 0 Å². The van der Waals surface area contributed by atoms with E-state index in [1.54, 1.807) is 25.0 Å². The lowest BCUT2D eigenvalue weighted by Gasteiger charge is -2.13. The third kappa shape index (κ3) is 3.61.